The lowest BCUT2D eigenvalue weighted by Crippen LogP contribution is -2.36. The normalized spacial score (nSPS) is 22.0. The van der Waals surface area contributed by atoms with Crippen molar-refractivity contribution in [3.8, 4) is 0 Å². The van der Waals surface area contributed by atoms with Crippen LogP contribution in [0.1, 0.15) is 19.3 Å². The standard InChI is InChI=1S/C13H19N5O3/c1-17-10-9(11(19)18(2)13(17)20)15-12(16-10)14-7-5-4-6-8(7)21-3/h7-8H,4-6H2,1-3H3,(H2,14,15,16). The van der Waals surface area contributed by atoms with E-state index in [1.165, 1.54) is 11.6 Å². The Morgan fingerprint density at radius 3 is 2.76 bits per heavy atom. The third-order valence-corrected chi connectivity index (χ3v) is 4.17. The lowest BCUT2D eigenvalue weighted by Gasteiger charge is -2.18. The first-order valence-corrected chi connectivity index (χ1v) is 6.98. The largest absolute Gasteiger partial charge is 0.379 e. The molecule has 0 amide bonds. The Hall–Kier alpha value is -2.09. The summed E-state index contributed by atoms with van der Waals surface area (Å²) in [7, 11) is 4.75. The van der Waals surface area contributed by atoms with Crippen molar-refractivity contribution in [2.24, 2.45) is 14.1 Å². The van der Waals surface area contributed by atoms with Crippen LogP contribution in [-0.2, 0) is 18.8 Å². The Bertz CT molecular complexity index is 787. The van der Waals surface area contributed by atoms with Gasteiger partial charge in [0.1, 0.15) is 0 Å². The molecule has 2 aromatic heterocycles. The van der Waals surface area contributed by atoms with E-state index in [2.05, 4.69) is 15.3 Å². The maximum absolute atomic E-state index is 12.1. The summed E-state index contributed by atoms with van der Waals surface area (Å²) in [5.74, 6) is 0.497. The van der Waals surface area contributed by atoms with Crippen molar-refractivity contribution < 1.29 is 4.74 Å². The van der Waals surface area contributed by atoms with Crippen LogP contribution in [0, 0.1) is 0 Å². The number of imidazole rings is 1. The molecule has 1 aliphatic rings. The van der Waals surface area contributed by atoms with Crippen molar-refractivity contribution >= 4 is 17.1 Å². The lowest BCUT2D eigenvalue weighted by atomic mass is 10.2. The molecule has 2 atom stereocenters. The summed E-state index contributed by atoms with van der Waals surface area (Å²) in [4.78, 5) is 31.3. The molecule has 0 aromatic carbocycles. The summed E-state index contributed by atoms with van der Waals surface area (Å²) in [6, 6.07) is 0.163. The van der Waals surface area contributed by atoms with Gasteiger partial charge < -0.3 is 15.0 Å². The van der Waals surface area contributed by atoms with Crippen LogP contribution >= 0.6 is 0 Å². The highest BCUT2D eigenvalue weighted by Gasteiger charge is 2.28. The van der Waals surface area contributed by atoms with Crippen LogP contribution in [-0.4, -0.2) is 38.4 Å². The van der Waals surface area contributed by atoms with Gasteiger partial charge in [-0.15, -0.1) is 0 Å². The number of nitrogens with one attached hydrogen (secondary N) is 2. The molecule has 8 nitrogen and oxygen atoms in total. The molecule has 0 saturated heterocycles. The number of aryl methyl sites for hydroxylation is 1. The summed E-state index contributed by atoms with van der Waals surface area (Å²) in [6.07, 6.45) is 3.24. The number of anilines is 1. The van der Waals surface area contributed by atoms with E-state index >= 15 is 0 Å². The molecule has 8 heteroatoms. The highest BCUT2D eigenvalue weighted by molar-refractivity contribution is 5.72. The fourth-order valence-electron chi connectivity index (χ4n) is 2.94. The Kier molecular flexibility index (Phi) is 3.32. The Morgan fingerprint density at radius 2 is 2.05 bits per heavy atom. The van der Waals surface area contributed by atoms with Crippen LogP contribution in [0.4, 0.5) is 5.95 Å². The van der Waals surface area contributed by atoms with E-state index < -0.39 is 0 Å². The van der Waals surface area contributed by atoms with E-state index in [-0.39, 0.29) is 23.4 Å². The van der Waals surface area contributed by atoms with E-state index in [4.69, 9.17) is 4.74 Å². The van der Waals surface area contributed by atoms with Crippen molar-refractivity contribution in [2.45, 2.75) is 31.4 Å². The van der Waals surface area contributed by atoms with Gasteiger partial charge in [0.05, 0.1) is 12.1 Å². The number of methoxy groups -OCH3 is 1. The van der Waals surface area contributed by atoms with Gasteiger partial charge in [-0.05, 0) is 19.3 Å². The zero-order valence-corrected chi connectivity index (χ0v) is 12.3. The van der Waals surface area contributed by atoms with E-state index in [1.807, 2.05) is 0 Å². The molecule has 2 N–H and O–H groups in total. The Morgan fingerprint density at radius 1 is 1.29 bits per heavy atom. The highest BCUT2D eigenvalue weighted by atomic mass is 16.5. The molecule has 2 unspecified atom stereocenters. The second kappa shape index (κ2) is 5.03. The lowest BCUT2D eigenvalue weighted by molar-refractivity contribution is 0.101. The number of nitrogens with zero attached hydrogens (tertiary/aromatic N) is 3. The van der Waals surface area contributed by atoms with Crippen LogP contribution < -0.4 is 16.6 Å². The SMILES string of the molecule is COC1CCCC1Nc1nc2c([nH]1)c(=O)n(C)c(=O)n2C. The maximum atomic E-state index is 12.1. The van der Waals surface area contributed by atoms with Gasteiger partial charge >= 0.3 is 5.69 Å². The Balaban J connectivity index is 2.02. The number of rotatable bonds is 3. The predicted octanol–water partition coefficient (Wildman–Crippen LogP) is -0.0603. The second-order valence-electron chi connectivity index (χ2n) is 5.45. The molecule has 1 saturated carbocycles. The summed E-state index contributed by atoms with van der Waals surface area (Å²) < 4.78 is 7.86. The summed E-state index contributed by atoms with van der Waals surface area (Å²) in [5.41, 5.74) is -0.0730. The van der Waals surface area contributed by atoms with Gasteiger partial charge in [0.2, 0.25) is 5.95 Å². The van der Waals surface area contributed by atoms with Crippen LogP contribution in [0.3, 0.4) is 0 Å². The first-order valence-electron chi connectivity index (χ1n) is 6.98. The van der Waals surface area contributed by atoms with Crippen LogP contribution in [0.15, 0.2) is 9.59 Å². The number of aromatic amines is 1. The van der Waals surface area contributed by atoms with Gasteiger partial charge in [-0.25, -0.2) is 4.79 Å². The first-order chi connectivity index (χ1) is 10.0. The number of H-pyrrole nitrogens is 1. The molecule has 0 radical (unpaired) electrons. The topological polar surface area (TPSA) is 93.9 Å². The average molecular weight is 293 g/mol. The molecular weight excluding hydrogens is 274 g/mol. The van der Waals surface area contributed by atoms with Gasteiger partial charge in [-0.3, -0.25) is 13.9 Å². The van der Waals surface area contributed by atoms with Crippen molar-refractivity contribution in [1.82, 2.24) is 19.1 Å². The molecule has 0 spiro atoms. The number of aromatic nitrogens is 4. The van der Waals surface area contributed by atoms with E-state index in [0.717, 1.165) is 23.8 Å². The molecule has 114 valence electrons. The molecule has 1 aliphatic carbocycles. The minimum Gasteiger partial charge on any atom is -0.379 e. The number of fused-ring (bicyclic) bond motifs is 1. The van der Waals surface area contributed by atoms with Crippen LogP contribution in [0.25, 0.3) is 11.2 Å². The first kappa shape index (κ1) is 13.9. The zero-order chi connectivity index (χ0) is 15.1. The fourth-order valence-corrected chi connectivity index (χ4v) is 2.94. The van der Waals surface area contributed by atoms with Gasteiger partial charge in [-0.1, -0.05) is 0 Å². The molecule has 1 fully saturated rings. The second-order valence-corrected chi connectivity index (χ2v) is 5.45. The predicted molar refractivity (Wildman–Crippen MR) is 78.6 cm³/mol. The highest BCUT2D eigenvalue weighted by Crippen LogP contribution is 2.24. The molecule has 21 heavy (non-hydrogen) atoms. The molecule has 2 heterocycles. The molecule has 3 rings (SSSR count). The van der Waals surface area contributed by atoms with E-state index in [1.54, 1.807) is 14.2 Å². The Labute approximate surface area is 120 Å². The molecule has 0 bridgehead atoms. The smallest absolute Gasteiger partial charge is 0.332 e. The summed E-state index contributed by atoms with van der Waals surface area (Å²) >= 11 is 0. The fraction of sp³-hybridized carbons (Fsp3) is 0.615. The van der Waals surface area contributed by atoms with Crippen molar-refractivity contribution in [3.05, 3.63) is 20.8 Å². The molecular formula is C13H19N5O3. The average Bonchev–Trinajstić information content (AvgIpc) is 3.10. The van der Waals surface area contributed by atoms with Crippen LogP contribution in [0.2, 0.25) is 0 Å². The number of hydrogen-bond donors (Lipinski definition) is 2. The monoisotopic (exact) mass is 293 g/mol. The third-order valence-electron chi connectivity index (χ3n) is 4.17. The van der Waals surface area contributed by atoms with Crippen molar-refractivity contribution in [3.63, 3.8) is 0 Å². The van der Waals surface area contributed by atoms with Gasteiger partial charge in [0, 0.05) is 21.2 Å². The van der Waals surface area contributed by atoms with Crippen molar-refractivity contribution in [1.29, 1.82) is 0 Å². The van der Waals surface area contributed by atoms with E-state index in [0.29, 0.717) is 17.1 Å². The zero-order valence-electron chi connectivity index (χ0n) is 12.3. The minimum absolute atomic E-state index is 0.143. The summed E-state index contributed by atoms with van der Waals surface area (Å²) in [5, 5.41) is 3.27. The maximum Gasteiger partial charge on any atom is 0.332 e. The van der Waals surface area contributed by atoms with Gasteiger partial charge in [0.15, 0.2) is 11.2 Å². The minimum atomic E-state index is -0.388. The van der Waals surface area contributed by atoms with Crippen molar-refractivity contribution in [2.75, 3.05) is 12.4 Å². The van der Waals surface area contributed by atoms with Gasteiger partial charge in [-0.2, -0.15) is 4.98 Å². The summed E-state index contributed by atoms with van der Waals surface area (Å²) in [6.45, 7) is 0. The third kappa shape index (κ3) is 2.15. The molecule has 0 aliphatic heterocycles. The number of ether oxygens (including phenoxy) is 1. The number of hydrogen-bond acceptors (Lipinski definition) is 5. The van der Waals surface area contributed by atoms with Gasteiger partial charge in [0.25, 0.3) is 5.56 Å². The van der Waals surface area contributed by atoms with E-state index in [9.17, 15) is 9.59 Å². The van der Waals surface area contributed by atoms with Crippen LogP contribution in [0.5, 0.6) is 0 Å². The quantitative estimate of drug-likeness (QED) is 0.827. The molecule has 2 aromatic rings.